The number of anilines is 1. The number of methoxy groups -OCH3 is 1. The zero-order valence-corrected chi connectivity index (χ0v) is 13.4. The summed E-state index contributed by atoms with van der Waals surface area (Å²) in [6.45, 7) is 6.60. The molecule has 0 aliphatic rings. The zero-order chi connectivity index (χ0) is 15.4. The number of aromatic nitrogens is 3. The monoisotopic (exact) mass is 306 g/mol. The Kier molecular flexibility index (Phi) is 4.96. The molecule has 0 amide bonds. The van der Waals surface area contributed by atoms with Gasteiger partial charge in [0, 0.05) is 30.3 Å². The van der Waals surface area contributed by atoms with Gasteiger partial charge in [0.1, 0.15) is 16.8 Å². The van der Waals surface area contributed by atoms with Crippen molar-refractivity contribution in [3.05, 3.63) is 40.4 Å². The van der Waals surface area contributed by atoms with Crippen LogP contribution in [0.5, 0.6) is 5.88 Å². The normalized spacial score (nSPS) is 10.8. The summed E-state index contributed by atoms with van der Waals surface area (Å²) in [5.41, 5.74) is 1.91. The van der Waals surface area contributed by atoms with Crippen molar-refractivity contribution in [2.24, 2.45) is 0 Å². The van der Waals surface area contributed by atoms with Gasteiger partial charge in [-0.2, -0.15) is 0 Å². The Bertz CT molecular complexity index is 631. The molecule has 0 fully saturated rings. The maximum Gasteiger partial charge on any atom is 0.213 e. The van der Waals surface area contributed by atoms with Crippen LogP contribution in [0.25, 0.3) is 0 Å². The number of rotatable bonds is 5. The fourth-order valence-corrected chi connectivity index (χ4v) is 1.97. The average molecular weight is 307 g/mol. The van der Waals surface area contributed by atoms with E-state index in [1.807, 2.05) is 32.9 Å². The van der Waals surface area contributed by atoms with Crippen molar-refractivity contribution in [2.45, 2.75) is 33.2 Å². The van der Waals surface area contributed by atoms with E-state index in [1.165, 1.54) is 0 Å². The van der Waals surface area contributed by atoms with Gasteiger partial charge in [0.25, 0.3) is 0 Å². The molecule has 0 aliphatic heterocycles. The van der Waals surface area contributed by atoms with E-state index < -0.39 is 0 Å². The van der Waals surface area contributed by atoms with Gasteiger partial charge in [-0.05, 0) is 18.6 Å². The van der Waals surface area contributed by atoms with Gasteiger partial charge in [-0.15, -0.1) is 0 Å². The summed E-state index contributed by atoms with van der Waals surface area (Å²) < 4.78 is 5.11. The Morgan fingerprint density at radius 2 is 2.10 bits per heavy atom. The standard InChI is InChI=1S/C15H19ClN4O/c1-9(2)14-19-13(16)10(3)15(20-14)18-8-11-5-6-17-12(7-11)21-4/h5-7,9H,8H2,1-4H3,(H,18,19,20). The van der Waals surface area contributed by atoms with E-state index in [-0.39, 0.29) is 5.92 Å². The maximum atomic E-state index is 6.17. The molecule has 0 spiro atoms. The van der Waals surface area contributed by atoms with Crippen LogP contribution in [0.4, 0.5) is 5.82 Å². The van der Waals surface area contributed by atoms with Crippen LogP contribution < -0.4 is 10.1 Å². The number of hydrogen-bond acceptors (Lipinski definition) is 5. The van der Waals surface area contributed by atoms with Crippen LogP contribution in [0.15, 0.2) is 18.3 Å². The minimum atomic E-state index is 0.227. The molecule has 0 saturated heterocycles. The van der Waals surface area contributed by atoms with Gasteiger partial charge in [0.05, 0.1) is 7.11 Å². The van der Waals surface area contributed by atoms with E-state index in [0.717, 1.165) is 22.8 Å². The maximum absolute atomic E-state index is 6.17. The predicted molar refractivity (Wildman–Crippen MR) is 84.0 cm³/mol. The van der Waals surface area contributed by atoms with Gasteiger partial charge < -0.3 is 10.1 Å². The van der Waals surface area contributed by atoms with Gasteiger partial charge in [-0.1, -0.05) is 25.4 Å². The van der Waals surface area contributed by atoms with E-state index >= 15 is 0 Å². The summed E-state index contributed by atoms with van der Waals surface area (Å²) in [7, 11) is 1.60. The topological polar surface area (TPSA) is 59.9 Å². The molecule has 0 bridgehead atoms. The van der Waals surface area contributed by atoms with Gasteiger partial charge in [0.2, 0.25) is 5.88 Å². The lowest BCUT2D eigenvalue weighted by atomic mass is 10.2. The number of nitrogens with one attached hydrogen (secondary N) is 1. The molecular formula is C15H19ClN4O. The molecule has 2 rings (SSSR count). The Hall–Kier alpha value is -1.88. The third-order valence-electron chi connectivity index (χ3n) is 3.09. The number of pyridine rings is 1. The number of ether oxygens (including phenoxy) is 1. The molecule has 0 aromatic carbocycles. The molecule has 2 heterocycles. The SMILES string of the molecule is COc1cc(CNc2nc(C(C)C)nc(Cl)c2C)ccn1. The third kappa shape index (κ3) is 3.82. The second kappa shape index (κ2) is 6.72. The summed E-state index contributed by atoms with van der Waals surface area (Å²) in [5, 5.41) is 3.79. The molecule has 0 unspecified atom stereocenters. The molecule has 0 aliphatic carbocycles. The van der Waals surface area contributed by atoms with E-state index in [9.17, 15) is 0 Å². The summed E-state index contributed by atoms with van der Waals surface area (Å²) >= 11 is 6.17. The molecule has 112 valence electrons. The van der Waals surface area contributed by atoms with E-state index in [4.69, 9.17) is 16.3 Å². The van der Waals surface area contributed by atoms with Crippen LogP contribution >= 0.6 is 11.6 Å². The fourth-order valence-electron chi connectivity index (χ4n) is 1.79. The van der Waals surface area contributed by atoms with Gasteiger partial charge in [-0.25, -0.2) is 15.0 Å². The molecule has 2 aromatic heterocycles. The summed E-state index contributed by atoms with van der Waals surface area (Å²) in [5.74, 6) is 2.31. The van der Waals surface area contributed by atoms with E-state index in [0.29, 0.717) is 17.6 Å². The van der Waals surface area contributed by atoms with Crippen LogP contribution in [-0.2, 0) is 6.54 Å². The minimum absolute atomic E-state index is 0.227. The van der Waals surface area contributed by atoms with Crippen LogP contribution in [0.3, 0.4) is 0 Å². The second-order valence-electron chi connectivity index (χ2n) is 5.06. The van der Waals surface area contributed by atoms with Gasteiger partial charge in [-0.3, -0.25) is 0 Å². The molecule has 5 nitrogen and oxygen atoms in total. The zero-order valence-electron chi connectivity index (χ0n) is 12.6. The third-order valence-corrected chi connectivity index (χ3v) is 3.46. The summed E-state index contributed by atoms with van der Waals surface area (Å²) in [6, 6.07) is 3.81. The van der Waals surface area contributed by atoms with E-state index in [1.54, 1.807) is 13.3 Å². The van der Waals surface area contributed by atoms with Crippen LogP contribution in [0.2, 0.25) is 5.15 Å². The molecule has 1 N–H and O–H groups in total. The molecule has 0 saturated carbocycles. The molecule has 2 aromatic rings. The molecule has 21 heavy (non-hydrogen) atoms. The van der Waals surface area contributed by atoms with Crippen molar-refractivity contribution in [3.8, 4) is 5.88 Å². The number of halogens is 1. The van der Waals surface area contributed by atoms with Crippen LogP contribution in [0, 0.1) is 6.92 Å². The van der Waals surface area contributed by atoms with Crippen molar-refractivity contribution in [1.82, 2.24) is 15.0 Å². The van der Waals surface area contributed by atoms with Gasteiger partial charge in [0.15, 0.2) is 0 Å². The fraction of sp³-hybridized carbons (Fsp3) is 0.400. The lowest BCUT2D eigenvalue weighted by Crippen LogP contribution is -2.08. The lowest BCUT2D eigenvalue weighted by Gasteiger charge is -2.13. The molecular weight excluding hydrogens is 288 g/mol. The number of hydrogen-bond donors (Lipinski definition) is 1. The largest absolute Gasteiger partial charge is 0.481 e. The first kappa shape index (κ1) is 15.5. The second-order valence-corrected chi connectivity index (χ2v) is 5.42. The lowest BCUT2D eigenvalue weighted by molar-refractivity contribution is 0.397. The van der Waals surface area contributed by atoms with Crippen LogP contribution in [-0.4, -0.2) is 22.1 Å². The summed E-state index contributed by atoms with van der Waals surface area (Å²) in [4.78, 5) is 12.9. The predicted octanol–water partition coefficient (Wildman–Crippen LogP) is 3.58. The van der Waals surface area contributed by atoms with Crippen molar-refractivity contribution >= 4 is 17.4 Å². The Balaban J connectivity index is 2.19. The highest BCUT2D eigenvalue weighted by Gasteiger charge is 2.11. The highest BCUT2D eigenvalue weighted by atomic mass is 35.5. The van der Waals surface area contributed by atoms with E-state index in [2.05, 4.69) is 20.3 Å². The first-order valence-corrected chi connectivity index (χ1v) is 7.16. The van der Waals surface area contributed by atoms with Crippen molar-refractivity contribution in [3.63, 3.8) is 0 Å². The number of nitrogens with zero attached hydrogens (tertiary/aromatic N) is 3. The quantitative estimate of drug-likeness (QED) is 0.856. The Labute approximate surface area is 129 Å². The first-order chi connectivity index (χ1) is 10.0. The highest BCUT2D eigenvalue weighted by Crippen LogP contribution is 2.23. The van der Waals surface area contributed by atoms with Gasteiger partial charge >= 0.3 is 0 Å². The average Bonchev–Trinajstić information content (AvgIpc) is 2.48. The van der Waals surface area contributed by atoms with Crippen LogP contribution in [0.1, 0.15) is 36.7 Å². The Morgan fingerprint density at radius 1 is 1.33 bits per heavy atom. The summed E-state index contributed by atoms with van der Waals surface area (Å²) in [6.07, 6.45) is 1.72. The van der Waals surface area contributed by atoms with Crippen molar-refractivity contribution in [1.29, 1.82) is 0 Å². The Morgan fingerprint density at radius 3 is 2.76 bits per heavy atom. The van der Waals surface area contributed by atoms with Crippen molar-refractivity contribution in [2.75, 3.05) is 12.4 Å². The molecule has 6 heteroatoms. The van der Waals surface area contributed by atoms with Crippen molar-refractivity contribution < 1.29 is 4.74 Å². The highest BCUT2D eigenvalue weighted by molar-refractivity contribution is 6.30. The first-order valence-electron chi connectivity index (χ1n) is 6.78. The molecule has 0 atom stereocenters. The smallest absolute Gasteiger partial charge is 0.213 e. The molecule has 0 radical (unpaired) electrons. The minimum Gasteiger partial charge on any atom is -0.481 e.